The van der Waals surface area contributed by atoms with Crippen LogP contribution in [-0.4, -0.2) is 19.6 Å². The second-order valence-electron chi connectivity index (χ2n) is 12.1. The van der Waals surface area contributed by atoms with E-state index in [1.54, 1.807) is 0 Å². The van der Waals surface area contributed by atoms with Gasteiger partial charge in [-0.15, -0.1) is 0 Å². The van der Waals surface area contributed by atoms with Crippen molar-refractivity contribution in [3.8, 4) is 0 Å². The van der Waals surface area contributed by atoms with Gasteiger partial charge in [0, 0.05) is 82.5 Å². The zero-order valence-corrected chi connectivity index (χ0v) is 27.1. The van der Waals surface area contributed by atoms with Gasteiger partial charge in [-0.25, -0.2) is 0 Å². The summed E-state index contributed by atoms with van der Waals surface area (Å²) in [5.41, 5.74) is 8.23. The standard InChI is InChI=1S/C34H33I2N3/c1-34(2,3)37-20-22-6-10-30-26(16-22)28-18-24(35)8-12-32(28)38(30)14-4-5-15-39-31-11-7-23(21-37)17-27(31)29-19-25(36)9-13-33(29)39/h6-13,16-19H,4-5,14-15,20-21H2,1-3H3. The lowest BCUT2D eigenvalue weighted by Gasteiger charge is -2.36. The number of hydrogen-bond donors (Lipinski definition) is 0. The Morgan fingerprint density at radius 3 is 1.33 bits per heavy atom. The summed E-state index contributed by atoms with van der Waals surface area (Å²) in [6, 6.07) is 28.2. The normalized spacial score (nSPS) is 15.6. The van der Waals surface area contributed by atoms with E-state index in [-0.39, 0.29) is 5.54 Å². The lowest BCUT2D eigenvalue weighted by Crippen LogP contribution is -2.40. The lowest BCUT2D eigenvalue weighted by atomic mass is 10.0. The van der Waals surface area contributed by atoms with E-state index < -0.39 is 0 Å². The minimum Gasteiger partial charge on any atom is -0.340 e. The first-order valence-electron chi connectivity index (χ1n) is 13.9. The minimum atomic E-state index is 0.0413. The fourth-order valence-corrected chi connectivity index (χ4v) is 7.42. The number of rotatable bonds is 0. The van der Waals surface area contributed by atoms with Gasteiger partial charge in [0.1, 0.15) is 0 Å². The van der Waals surface area contributed by atoms with Gasteiger partial charge in [0.25, 0.3) is 0 Å². The molecule has 198 valence electrons. The molecule has 3 nitrogen and oxygen atoms in total. The molecule has 0 atom stereocenters. The van der Waals surface area contributed by atoms with E-state index >= 15 is 0 Å². The van der Waals surface area contributed by atoms with Crippen LogP contribution in [0, 0.1) is 7.14 Å². The summed E-state index contributed by atoms with van der Waals surface area (Å²) in [5.74, 6) is 0. The molecule has 5 heterocycles. The van der Waals surface area contributed by atoms with Gasteiger partial charge in [0.2, 0.25) is 0 Å². The van der Waals surface area contributed by atoms with Crippen molar-refractivity contribution in [2.45, 2.75) is 65.3 Å². The van der Waals surface area contributed by atoms with Crippen LogP contribution in [0.1, 0.15) is 44.7 Å². The molecular formula is C34H33I2N3. The third kappa shape index (κ3) is 4.58. The maximum absolute atomic E-state index is 2.62. The molecule has 3 aliphatic rings. The number of aryl methyl sites for hydroxylation is 2. The van der Waals surface area contributed by atoms with Crippen LogP contribution in [0.4, 0.5) is 0 Å². The maximum atomic E-state index is 2.62. The molecule has 2 aromatic heterocycles. The van der Waals surface area contributed by atoms with Gasteiger partial charge in [-0.2, -0.15) is 0 Å². The Balaban J connectivity index is 1.42. The second kappa shape index (κ2) is 9.77. The first-order chi connectivity index (χ1) is 18.8. The molecular weight excluding hydrogens is 704 g/mol. The van der Waals surface area contributed by atoms with Crippen LogP contribution in [0.3, 0.4) is 0 Å². The molecule has 9 rings (SSSR count). The molecule has 0 unspecified atom stereocenters. The molecule has 0 N–H and O–H groups in total. The average molecular weight is 737 g/mol. The van der Waals surface area contributed by atoms with Crippen LogP contribution >= 0.6 is 45.2 Å². The topological polar surface area (TPSA) is 13.1 Å². The molecule has 0 aliphatic carbocycles. The van der Waals surface area contributed by atoms with Gasteiger partial charge < -0.3 is 9.13 Å². The van der Waals surface area contributed by atoms with E-state index in [0.29, 0.717) is 0 Å². The van der Waals surface area contributed by atoms with Gasteiger partial charge in [0.15, 0.2) is 0 Å². The third-order valence-electron chi connectivity index (χ3n) is 8.49. The Kier molecular flexibility index (Phi) is 6.47. The highest BCUT2D eigenvalue weighted by atomic mass is 127. The summed E-state index contributed by atoms with van der Waals surface area (Å²) < 4.78 is 7.71. The zero-order valence-electron chi connectivity index (χ0n) is 22.8. The highest BCUT2D eigenvalue weighted by Gasteiger charge is 2.23. The quantitative estimate of drug-likeness (QED) is 0.142. The van der Waals surface area contributed by atoms with Crippen LogP contribution in [-0.2, 0) is 26.2 Å². The van der Waals surface area contributed by atoms with Crippen molar-refractivity contribution < 1.29 is 0 Å². The fraction of sp³-hybridized carbons (Fsp3) is 0.294. The molecule has 0 amide bonds. The summed E-state index contributed by atoms with van der Waals surface area (Å²) in [6.07, 6.45) is 2.29. The Morgan fingerprint density at radius 1 is 0.538 bits per heavy atom. The monoisotopic (exact) mass is 737 g/mol. The molecule has 0 saturated carbocycles. The highest BCUT2D eigenvalue weighted by Crippen LogP contribution is 2.35. The predicted molar refractivity (Wildman–Crippen MR) is 183 cm³/mol. The largest absolute Gasteiger partial charge is 0.340 e. The van der Waals surface area contributed by atoms with Gasteiger partial charge in [0.05, 0.1) is 0 Å². The molecule has 3 aliphatic heterocycles. The van der Waals surface area contributed by atoms with Crippen molar-refractivity contribution in [1.29, 1.82) is 0 Å². The molecule has 0 fully saturated rings. The predicted octanol–water partition coefficient (Wildman–Crippen LogP) is 9.71. The van der Waals surface area contributed by atoms with Gasteiger partial charge in [-0.1, -0.05) is 12.1 Å². The van der Waals surface area contributed by atoms with Crippen molar-refractivity contribution in [1.82, 2.24) is 14.0 Å². The summed E-state index contributed by atoms with van der Waals surface area (Å²) in [6.45, 7) is 10.9. The number of fused-ring (bicyclic) bond motifs is 3. The van der Waals surface area contributed by atoms with Crippen LogP contribution in [0.15, 0.2) is 72.8 Å². The Labute approximate surface area is 257 Å². The van der Waals surface area contributed by atoms with E-state index in [2.05, 4.69) is 153 Å². The molecule has 8 bridgehead atoms. The van der Waals surface area contributed by atoms with Crippen LogP contribution in [0.5, 0.6) is 0 Å². The first-order valence-corrected chi connectivity index (χ1v) is 16.1. The Morgan fingerprint density at radius 2 is 0.923 bits per heavy atom. The summed E-state index contributed by atoms with van der Waals surface area (Å²) in [5, 5.41) is 5.53. The molecule has 5 heteroatoms. The molecule has 0 saturated heterocycles. The summed E-state index contributed by atoms with van der Waals surface area (Å²) in [4.78, 5) is 2.62. The van der Waals surface area contributed by atoms with Gasteiger partial charge in [-0.05, 0) is 151 Å². The molecule has 4 aromatic carbocycles. The average Bonchev–Trinajstić information content (AvgIpc) is 3.36. The van der Waals surface area contributed by atoms with Crippen molar-refractivity contribution in [2.24, 2.45) is 0 Å². The van der Waals surface area contributed by atoms with E-state index in [0.717, 1.165) is 39.0 Å². The summed E-state index contributed by atoms with van der Waals surface area (Å²) >= 11 is 4.91. The molecule has 6 aromatic rings. The van der Waals surface area contributed by atoms with E-state index in [1.807, 2.05) is 0 Å². The van der Waals surface area contributed by atoms with Gasteiger partial charge in [-0.3, -0.25) is 4.90 Å². The van der Waals surface area contributed by atoms with E-state index in [4.69, 9.17) is 0 Å². The van der Waals surface area contributed by atoms with Crippen LogP contribution < -0.4 is 0 Å². The summed E-state index contributed by atoms with van der Waals surface area (Å²) in [7, 11) is 0. The number of aromatic nitrogens is 2. The van der Waals surface area contributed by atoms with Crippen molar-refractivity contribution in [3.63, 3.8) is 0 Å². The fourth-order valence-electron chi connectivity index (χ4n) is 6.44. The van der Waals surface area contributed by atoms with Crippen LogP contribution in [0.25, 0.3) is 43.6 Å². The lowest BCUT2D eigenvalue weighted by molar-refractivity contribution is 0.119. The van der Waals surface area contributed by atoms with Crippen molar-refractivity contribution in [2.75, 3.05) is 0 Å². The number of halogens is 2. The highest BCUT2D eigenvalue weighted by molar-refractivity contribution is 14.1. The SMILES string of the molecule is CC(C)(C)N1Cc2ccc3c(c2)c2cc(I)ccc2n3CCCCn2c3ccc(I)cc3c3cc(ccc32)C1. The zero-order chi connectivity index (χ0) is 26.9. The molecule has 0 radical (unpaired) electrons. The Hall–Kier alpha value is -2.10. The van der Waals surface area contributed by atoms with Crippen molar-refractivity contribution >= 4 is 88.8 Å². The number of benzene rings is 4. The van der Waals surface area contributed by atoms with E-state index in [9.17, 15) is 0 Å². The number of hydrogen-bond acceptors (Lipinski definition) is 1. The third-order valence-corrected chi connectivity index (χ3v) is 9.83. The Bertz CT molecular complexity index is 1750. The van der Waals surface area contributed by atoms with Gasteiger partial charge >= 0.3 is 0 Å². The smallest absolute Gasteiger partial charge is 0.0492 e. The molecule has 0 spiro atoms. The molecule has 39 heavy (non-hydrogen) atoms. The maximum Gasteiger partial charge on any atom is 0.0492 e. The first kappa shape index (κ1) is 25.8. The van der Waals surface area contributed by atoms with E-state index in [1.165, 1.54) is 61.9 Å². The minimum absolute atomic E-state index is 0.0413. The van der Waals surface area contributed by atoms with Crippen molar-refractivity contribution in [3.05, 3.63) is 91.1 Å². The van der Waals surface area contributed by atoms with Crippen LogP contribution in [0.2, 0.25) is 0 Å². The second-order valence-corrected chi connectivity index (χ2v) is 14.6. The number of nitrogens with zero attached hydrogens (tertiary/aromatic N) is 3.